The third kappa shape index (κ3) is 8.18. The van der Waals surface area contributed by atoms with Gasteiger partial charge in [-0.15, -0.1) is 0 Å². The molecule has 6 nitrogen and oxygen atoms in total. The molecule has 8 heteroatoms. The molecular formula is C12H26N2O4S2. The normalized spacial score (nSPS) is 22.0. The second-order valence-corrected chi connectivity index (χ2v) is 9.93. The monoisotopic (exact) mass is 326 g/mol. The van der Waals surface area contributed by atoms with E-state index in [9.17, 15) is 16.8 Å². The molecule has 0 saturated carbocycles. The van der Waals surface area contributed by atoms with Crippen molar-refractivity contribution in [2.75, 3.05) is 43.9 Å². The number of piperidine rings is 1. The summed E-state index contributed by atoms with van der Waals surface area (Å²) in [5.74, 6) is 0.462. The molecular weight excluding hydrogens is 300 g/mol. The fraction of sp³-hybridized carbons (Fsp3) is 1.00. The first kappa shape index (κ1) is 17.9. The molecule has 1 fully saturated rings. The molecule has 0 unspecified atom stereocenters. The maximum absolute atomic E-state index is 11.7. The zero-order valence-corrected chi connectivity index (χ0v) is 14.0. The Balaban J connectivity index is 2.22. The number of nitrogens with zero attached hydrogens (tertiary/aromatic N) is 1. The molecule has 0 aromatic heterocycles. The van der Waals surface area contributed by atoms with Gasteiger partial charge in [0.15, 0.2) is 0 Å². The molecule has 1 aliphatic heterocycles. The van der Waals surface area contributed by atoms with Crippen LogP contribution in [-0.4, -0.2) is 65.7 Å². The predicted octanol–water partition coefficient (Wildman–Crippen LogP) is 0.0724. The largest absolute Gasteiger partial charge is 0.302 e. The Morgan fingerprint density at radius 1 is 1.20 bits per heavy atom. The van der Waals surface area contributed by atoms with Crippen molar-refractivity contribution in [2.45, 2.75) is 26.2 Å². The van der Waals surface area contributed by atoms with Gasteiger partial charge in [-0.2, -0.15) is 0 Å². The van der Waals surface area contributed by atoms with Crippen LogP contribution in [0.25, 0.3) is 0 Å². The lowest BCUT2D eigenvalue weighted by atomic mass is 10.0. The van der Waals surface area contributed by atoms with E-state index in [1.807, 2.05) is 0 Å². The van der Waals surface area contributed by atoms with E-state index in [0.29, 0.717) is 12.5 Å². The first-order valence-electron chi connectivity index (χ1n) is 7.05. The standard InChI is InChI=1S/C12H26N2O4S2/c1-12-5-3-7-14(11-12)8-6-13-20(17,18)10-4-9-19(2,15)16/h12-13H,3-11H2,1-2H3/t12-/m0/s1. The van der Waals surface area contributed by atoms with Crippen LogP contribution in [0.3, 0.4) is 0 Å². The molecule has 1 aliphatic rings. The van der Waals surface area contributed by atoms with Crippen LogP contribution in [0, 0.1) is 5.92 Å². The number of hydrogen-bond donors (Lipinski definition) is 1. The van der Waals surface area contributed by atoms with Gasteiger partial charge in [-0.1, -0.05) is 6.92 Å². The molecule has 1 rings (SSSR count). The minimum Gasteiger partial charge on any atom is -0.302 e. The van der Waals surface area contributed by atoms with Crippen molar-refractivity contribution < 1.29 is 16.8 Å². The van der Waals surface area contributed by atoms with Gasteiger partial charge in [-0.25, -0.2) is 21.6 Å². The molecule has 0 radical (unpaired) electrons. The molecule has 0 aromatic carbocycles. The fourth-order valence-electron chi connectivity index (χ4n) is 2.43. The number of hydrogen-bond acceptors (Lipinski definition) is 5. The molecule has 1 atom stereocenters. The first-order chi connectivity index (χ1) is 9.18. The molecule has 0 spiro atoms. The van der Waals surface area contributed by atoms with Gasteiger partial charge < -0.3 is 4.90 Å². The van der Waals surface area contributed by atoms with Crippen LogP contribution in [0.1, 0.15) is 26.2 Å². The summed E-state index contributed by atoms with van der Waals surface area (Å²) in [5.41, 5.74) is 0. The molecule has 120 valence electrons. The van der Waals surface area contributed by atoms with E-state index in [1.165, 1.54) is 12.8 Å². The van der Waals surface area contributed by atoms with Crippen LogP contribution in [0.5, 0.6) is 0 Å². The molecule has 0 bridgehead atoms. The average Bonchev–Trinajstić information content (AvgIpc) is 2.26. The Bertz CT molecular complexity index is 488. The maximum Gasteiger partial charge on any atom is 0.211 e. The Labute approximate surface area is 122 Å². The average molecular weight is 326 g/mol. The van der Waals surface area contributed by atoms with Gasteiger partial charge in [-0.3, -0.25) is 0 Å². The van der Waals surface area contributed by atoms with Gasteiger partial charge in [0.2, 0.25) is 10.0 Å². The number of sulfonamides is 1. The van der Waals surface area contributed by atoms with E-state index in [0.717, 1.165) is 25.9 Å². The zero-order valence-electron chi connectivity index (χ0n) is 12.3. The van der Waals surface area contributed by atoms with Crippen molar-refractivity contribution in [3.05, 3.63) is 0 Å². The molecule has 0 aromatic rings. The highest BCUT2D eigenvalue weighted by molar-refractivity contribution is 7.91. The molecule has 1 N–H and O–H groups in total. The van der Waals surface area contributed by atoms with Crippen LogP contribution < -0.4 is 4.72 Å². The van der Waals surface area contributed by atoms with Crippen molar-refractivity contribution in [2.24, 2.45) is 5.92 Å². The summed E-state index contributed by atoms with van der Waals surface area (Å²) in [6.07, 6.45) is 3.68. The lowest BCUT2D eigenvalue weighted by Gasteiger charge is -2.30. The topological polar surface area (TPSA) is 83.6 Å². The van der Waals surface area contributed by atoms with Gasteiger partial charge in [-0.05, 0) is 31.7 Å². The van der Waals surface area contributed by atoms with Crippen LogP contribution in [0.4, 0.5) is 0 Å². The Hall–Kier alpha value is -0.180. The fourth-order valence-corrected chi connectivity index (χ4v) is 4.35. The number of nitrogens with one attached hydrogen (secondary N) is 1. The van der Waals surface area contributed by atoms with Gasteiger partial charge in [0.1, 0.15) is 9.84 Å². The molecule has 0 aliphatic carbocycles. The van der Waals surface area contributed by atoms with Crippen molar-refractivity contribution in [1.29, 1.82) is 0 Å². The minimum atomic E-state index is -3.36. The summed E-state index contributed by atoms with van der Waals surface area (Å²) in [6.45, 7) is 5.38. The summed E-state index contributed by atoms with van der Waals surface area (Å²) >= 11 is 0. The third-order valence-electron chi connectivity index (χ3n) is 3.42. The number of sulfone groups is 1. The van der Waals surface area contributed by atoms with Crippen LogP contribution >= 0.6 is 0 Å². The van der Waals surface area contributed by atoms with Gasteiger partial charge >= 0.3 is 0 Å². The highest BCUT2D eigenvalue weighted by Crippen LogP contribution is 2.14. The van der Waals surface area contributed by atoms with Crippen molar-refractivity contribution in [3.63, 3.8) is 0 Å². The second kappa shape index (κ2) is 7.72. The van der Waals surface area contributed by atoms with E-state index in [-0.39, 0.29) is 17.9 Å². The predicted molar refractivity (Wildman–Crippen MR) is 81.0 cm³/mol. The SMILES string of the molecule is C[C@H]1CCCN(CCNS(=O)(=O)CCCS(C)(=O)=O)C1. The van der Waals surface area contributed by atoms with Gasteiger partial charge in [0.25, 0.3) is 0 Å². The van der Waals surface area contributed by atoms with E-state index >= 15 is 0 Å². The summed E-state index contributed by atoms with van der Waals surface area (Å²) in [6, 6.07) is 0. The van der Waals surface area contributed by atoms with Crippen molar-refractivity contribution in [1.82, 2.24) is 9.62 Å². The van der Waals surface area contributed by atoms with Crippen molar-refractivity contribution >= 4 is 19.9 Å². The lowest BCUT2D eigenvalue weighted by molar-refractivity contribution is 0.187. The third-order valence-corrected chi connectivity index (χ3v) is 5.92. The maximum atomic E-state index is 11.7. The summed E-state index contributed by atoms with van der Waals surface area (Å²) < 4.78 is 47.8. The Kier molecular flexibility index (Phi) is 6.90. The van der Waals surface area contributed by atoms with E-state index in [2.05, 4.69) is 16.5 Å². The van der Waals surface area contributed by atoms with Crippen LogP contribution in [0.2, 0.25) is 0 Å². The number of rotatable bonds is 8. The molecule has 1 saturated heterocycles. The summed E-state index contributed by atoms with van der Waals surface area (Å²) in [7, 11) is -6.45. The Morgan fingerprint density at radius 3 is 2.50 bits per heavy atom. The smallest absolute Gasteiger partial charge is 0.211 e. The van der Waals surface area contributed by atoms with Crippen molar-refractivity contribution in [3.8, 4) is 0 Å². The van der Waals surface area contributed by atoms with E-state index in [1.54, 1.807) is 0 Å². The second-order valence-electron chi connectivity index (χ2n) is 5.74. The first-order valence-corrected chi connectivity index (χ1v) is 10.8. The minimum absolute atomic E-state index is 0.0858. The van der Waals surface area contributed by atoms with Gasteiger partial charge in [0, 0.05) is 25.9 Å². The zero-order chi connectivity index (χ0) is 15.2. The van der Waals surface area contributed by atoms with Crippen LogP contribution in [-0.2, 0) is 19.9 Å². The Morgan fingerprint density at radius 2 is 1.90 bits per heavy atom. The number of likely N-dealkylation sites (tertiary alicyclic amines) is 1. The van der Waals surface area contributed by atoms with Gasteiger partial charge in [0.05, 0.1) is 11.5 Å². The lowest BCUT2D eigenvalue weighted by Crippen LogP contribution is -2.40. The highest BCUT2D eigenvalue weighted by atomic mass is 32.2. The summed E-state index contributed by atoms with van der Waals surface area (Å²) in [5, 5.41) is 0. The highest BCUT2D eigenvalue weighted by Gasteiger charge is 2.17. The summed E-state index contributed by atoms with van der Waals surface area (Å²) in [4.78, 5) is 2.27. The van der Waals surface area contributed by atoms with E-state index < -0.39 is 19.9 Å². The molecule has 20 heavy (non-hydrogen) atoms. The quantitative estimate of drug-likeness (QED) is 0.682. The van der Waals surface area contributed by atoms with E-state index in [4.69, 9.17) is 0 Å². The molecule has 0 amide bonds. The molecule has 1 heterocycles. The van der Waals surface area contributed by atoms with Crippen LogP contribution in [0.15, 0.2) is 0 Å².